The maximum Gasteiger partial charge on any atom is 0.469 e. The summed E-state index contributed by atoms with van der Waals surface area (Å²) >= 11 is 0. The Kier molecular flexibility index (Phi) is 13.3. The first kappa shape index (κ1) is 31.4. The van der Waals surface area contributed by atoms with Crippen molar-refractivity contribution in [3.8, 4) is 0 Å². The van der Waals surface area contributed by atoms with Gasteiger partial charge in [-0.1, -0.05) is 61.8 Å². The number of hydrogen-bond donors (Lipinski definition) is 6. The van der Waals surface area contributed by atoms with E-state index in [2.05, 4.69) is 6.08 Å². The summed E-state index contributed by atoms with van der Waals surface area (Å²) < 4.78 is 16.3. The van der Waals surface area contributed by atoms with E-state index in [0.717, 1.165) is 25.0 Å². The number of rotatable bonds is 14. The Balaban J connectivity index is 2.92. The minimum absolute atomic E-state index is 0.331. The van der Waals surface area contributed by atoms with E-state index in [1.165, 1.54) is 44.4 Å². The van der Waals surface area contributed by atoms with Gasteiger partial charge in [-0.3, -0.25) is 4.52 Å². The average molecular weight is 518 g/mol. The van der Waals surface area contributed by atoms with Crippen LogP contribution in [-0.2, 0) is 13.9 Å². The number of nitrogens with zero attached hydrogens (tertiary/aromatic N) is 1. The molecule has 0 spiro atoms. The van der Waals surface area contributed by atoms with Crippen molar-refractivity contribution in [1.29, 1.82) is 0 Å². The molecule has 1 aliphatic rings. The van der Waals surface area contributed by atoms with E-state index in [1.54, 1.807) is 25.1 Å². The number of likely N-dealkylation sites (N-methyl/N-ethyl adjacent to an activating group) is 1. The maximum absolute atomic E-state index is 11.5. The molecule has 200 valence electrons. The predicted molar refractivity (Wildman–Crippen MR) is 132 cm³/mol. The number of allylic oxidation sites excluding steroid dienone is 3. The molecule has 0 radical (unpaired) electrons. The molecule has 0 aromatic carbocycles. The fourth-order valence-electron chi connectivity index (χ4n) is 3.88. The van der Waals surface area contributed by atoms with Crippen molar-refractivity contribution >= 4 is 13.8 Å². The summed E-state index contributed by atoms with van der Waals surface area (Å²) in [6.45, 7) is 1.23. The highest BCUT2D eigenvalue weighted by Crippen LogP contribution is 2.41. The van der Waals surface area contributed by atoms with Crippen LogP contribution in [0.3, 0.4) is 0 Å². The Morgan fingerprint density at radius 2 is 1.74 bits per heavy atom. The molecule has 0 aliphatic heterocycles. The van der Waals surface area contributed by atoms with E-state index in [-0.39, 0.29) is 6.42 Å². The molecule has 1 aliphatic carbocycles. The third-order valence-corrected chi connectivity index (χ3v) is 6.39. The average Bonchev–Trinajstić information content (AvgIpc) is 2.74. The third-order valence-electron chi connectivity index (χ3n) is 5.86. The fourth-order valence-corrected chi connectivity index (χ4v) is 4.51. The lowest BCUT2D eigenvalue weighted by atomic mass is 9.89. The Morgan fingerprint density at radius 3 is 2.29 bits per heavy atom. The van der Waals surface area contributed by atoms with E-state index in [4.69, 9.17) is 9.63 Å². The van der Waals surface area contributed by atoms with Crippen molar-refractivity contribution in [3.05, 3.63) is 48.6 Å². The highest BCUT2D eigenvalue weighted by atomic mass is 31.2. The Hall–Kier alpha value is -1.62. The zero-order valence-corrected chi connectivity index (χ0v) is 21.4. The van der Waals surface area contributed by atoms with E-state index < -0.39 is 43.7 Å². The molecule has 0 bridgehead atoms. The van der Waals surface area contributed by atoms with Crippen LogP contribution in [-0.4, -0.2) is 85.1 Å². The summed E-state index contributed by atoms with van der Waals surface area (Å²) in [5, 5.41) is 40.5. The Morgan fingerprint density at radius 1 is 1.11 bits per heavy atom. The number of phosphoric acid groups is 1. The molecule has 2 unspecified atom stereocenters. The van der Waals surface area contributed by atoms with Crippen molar-refractivity contribution in [3.63, 3.8) is 0 Å². The third kappa shape index (κ3) is 13.3. The molecular formula is C24H40NO9P. The van der Waals surface area contributed by atoms with Gasteiger partial charge in [0.05, 0.1) is 18.2 Å². The van der Waals surface area contributed by atoms with Gasteiger partial charge < -0.3 is 35.1 Å². The molecule has 10 nitrogen and oxygen atoms in total. The fraction of sp³-hybridized carbons (Fsp3) is 0.625. The van der Waals surface area contributed by atoms with Gasteiger partial charge in [-0.25, -0.2) is 9.36 Å². The molecule has 0 saturated heterocycles. The van der Waals surface area contributed by atoms with Crippen LogP contribution in [0.15, 0.2) is 48.6 Å². The maximum atomic E-state index is 11.5. The van der Waals surface area contributed by atoms with Gasteiger partial charge in [-0.15, -0.1) is 0 Å². The highest BCUT2D eigenvalue weighted by Gasteiger charge is 2.37. The number of phosphoric ester groups is 1. The molecular weight excluding hydrogens is 477 g/mol. The van der Waals surface area contributed by atoms with Crippen molar-refractivity contribution in [2.24, 2.45) is 5.92 Å². The van der Waals surface area contributed by atoms with E-state index in [0.29, 0.717) is 5.92 Å². The number of hydrogen-bond acceptors (Lipinski definition) is 7. The van der Waals surface area contributed by atoms with Gasteiger partial charge in [0.15, 0.2) is 0 Å². The van der Waals surface area contributed by atoms with Crippen molar-refractivity contribution in [1.82, 2.24) is 4.90 Å². The first-order chi connectivity index (χ1) is 16.2. The molecule has 1 rings (SSSR count). The molecule has 1 fully saturated rings. The molecule has 0 aromatic heterocycles. The molecule has 0 amide bonds. The molecule has 11 heteroatoms. The topological polar surface area (TPSA) is 168 Å². The van der Waals surface area contributed by atoms with Gasteiger partial charge in [0.25, 0.3) is 0 Å². The van der Waals surface area contributed by atoms with Gasteiger partial charge in [0.2, 0.25) is 0 Å². The standard InChI is InChI=1S/C24H40NO9P/c1-24(30,16-15-21(27)20(25(2)3)13-14-23(28)29)22(34-35(31,32)33)17-19(26)12-8-7-11-18-9-5-4-6-10-18/h7-8,11-16,18-22,26-27,30H,4-6,9-10,17H2,1-3H3,(H,28,29)(H2,31,32,33)/b11-7-,12-8-,14-13-,16-15+/t19?,20?,21-,22-,24-/m1/s1. The Bertz CT molecular complexity index is 810. The Labute approximate surface area is 207 Å². The summed E-state index contributed by atoms with van der Waals surface area (Å²) in [7, 11) is -1.77. The van der Waals surface area contributed by atoms with Crippen LogP contribution in [0.5, 0.6) is 0 Å². The lowest BCUT2D eigenvalue weighted by molar-refractivity contribution is -0.131. The van der Waals surface area contributed by atoms with E-state index >= 15 is 0 Å². The minimum atomic E-state index is -5.02. The smallest absolute Gasteiger partial charge is 0.469 e. The second-order valence-corrected chi connectivity index (χ2v) is 10.5. The number of aliphatic hydroxyl groups excluding tert-OH is 2. The minimum Gasteiger partial charge on any atom is -0.478 e. The normalized spacial score (nSPS) is 21.7. The molecule has 6 N–H and O–H groups in total. The molecule has 1 saturated carbocycles. The summed E-state index contributed by atoms with van der Waals surface area (Å²) in [5.41, 5.74) is -1.98. The predicted octanol–water partition coefficient (Wildman–Crippen LogP) is 2.15. The molecule has 0 heterocycles. The molecule has 0 aromatic rings. The van der Waals surface area contributed by atoms with Crippen molar-refractivity contribution < 1.29 is 44.1 Å². The lowest BCUT2D eigenvalue weighted by Gasteiger charge is -2.32. The van der Waals surface area contributed by atoms with Crippen LogP contribution in [0.4, 0.5) is 0 Å². The van der Waals surface area contributed by atoms with Gasteiger partial charge in [0, 0.05) is 12.5 Å². The van der Waals surface area contributed by atoms with Gasteiger partial charge in [-0.2, -0.15) is 0 Å². The largest absolute Gasteiger partial charge is 0.478 e. The van der Waals surface area contributed by atoms with Crippen LogP contribution in [0.2, 0.25) is 0 Å². The SMILES string of the molecule is CN(C)C(/C=C\C(=O)O)[C@H](O)/C=C/[C@@](C)(O)[C@@H](CC(O)/C=C\C=C/C1CCCCC1)OP(=O)(O)O. The first-order valence-electron chi connectivity index (χ1n) is 11.7. The van der Waals surface area contributed by atoms with Crippen molar-refractivity contribution in [2.75, 3.05) is 14.1 Å². The monoisotopic (exact) mass is 517 g/mol. The zero-order valence-electron chi connectivity index (χ0n) is 20.6. The van der Waals surface area contributed by atoms with Crippen LogP contribution in [0.25, 0.3) is 0 Å². The highest BCUT2D eigenvalue weighted by molar-refractivity contribution is 7.46. The van der Waals surface area contributed by atoms with E-state index in [9.17, 15) is 34.5 Å². The first-order valence-corrected chi connectivity index (χ1v) is 13.2. The zero-order chi connectivity index (χ0) is 26.6. The quantitative estimate of drug-likeness (QED) is 0.0869. The second kappa shape index (κ2) is 14.8. The van der Waals surface area contributed by atoms with E-state index in [1.807, 2.05) is 6.08 Å². The molecule has 35 heavy (non-hydrogen) atoms. The van der Waals surface area contributed by atoms with Crippen LogP contribution in [0.1, 0.15) is 45.4 Å². The summed E-state index contributed by atoms with van der Waals surface area (Å²) in [4.78, 5) is 31.0. The number of aliphatic carboxylic acids is 1. The number of aliphatic hydroxyl groups is 3. The summed E-state index contributed by atoms with van der Waals surface area (Å²) in [5.74, 6) is -0.685. The van der Waals surface area contributed by atoms with Crippen molar-refractivity contribution in [2.45, 2.75) is 75.4 Å². The number of carboxylic acid groups (broad SMARTS) is 1. The summed E-state index contributed by atoms with van der Waals surface area (Å²) in [6.07, 6.45) is 13.1. The lowest BCUT2D eigenvalue weighted by Crippen LogP contribution is -2.42. The second-order valence-electron chi connectivity index (χ2n) is 9.28. The van der Waals surface area contributed by atoms with Crippen LogP contribution < -0.4 is 0 Å². The van der Waals surface area contributed by atoms with Crippen LogP contribution in [0, 0.1) is 5.92 Å². The summed E-state index contributed by atoms with van der Waals surface area (Å²) in [6, 6.07) is -0.747. The van der Waals surface area contributed by atoms with Gasteiger partial charge >= 0.3 is 13.8 Å². The number of carbonyl (C=O) groups is 1. The van der Waals surface area contributed by atoms with Crippen LogP contribution >= 0.6 is 7.82 Å². The number of carboxylic acids is 1. The molecule has 5 atom stereocenters. The van der Waals surface area contributed by atoms with Gasteiger partial charge in [0.1, 0.15) is 11.7 Å². The van der Waals surface area contributed by atoms with Gasteiger partial charge in [-0.05, 0) is 39.8 Å².